The van der Waals surface area contributed by atoms with Crippen molar-refractivity contribution < 1.29 is 9.18 Å². The largest absolute Gasteiger partial charge is 0.335 e. The summed E-state index contributed by atoms with van der Waals surface area (Å²) in [6, 6.07) is 4.94. The second-order valence-corrected chi connectivity index (χ2v) is 4.49. The van der Waals surface area contributed by atoms with Crippen LogP contribution in [-0.2, 0) is 0 Å². The molecule has 0 spiro atoms. The topological polar surface area (TPSA) is 20.3 Å². The second kappa shape index (κ2) is 4.70. The van der Waals surface area contributed by atoms with Gasteiger partial charge < -0.3 is 4.90 Å². The second-order valence-electron chi connectivity index (χ2n) is 4.49. The number of aryl methyl sites for hydroxylation is 1. The number of carbonyl (C=O) groups is 1. The van der Waals surface area contributed by atoms with Crippen LogP contribution in [0.1, 0.15) is 29.3 Å². The van der Waals surface area contributed by atoms with Crippen LogP contribution in [0.15, 0.2) is 29.8 Å². The molecule has 1 heterocycles. The van der Waals surface area contributed by atoms with Crippen molar-refractivity contribution in [3.63, 3.8) is 0 Å². The number of halogens is 1. The molecular weight excluding hydrogens is 217 g/mol. The van der Waals surface area contributed by atoms with E-state index in [4.69, 9.17) is 0 Å². The van der Waals surface area contributed by atoms with E-state index in [0.29, 0.717) is 18.7 Å². The number of nitrogens with zero attached hydrogens (tertiary/aromatic N) is 1. The van der Waals surface area contributed by atoms with Crippen LogP contribution in [-0.4, -0.2) is 23.9 Å². The third kappa shape index (κ3) is 2.38. The van der Waals surface area contributed by atoms with E-state index >= 15 is 0 Å². The van der Waals surface area contributed by atoms with E-state index < -0.39 is 5.82 Å². The van der Waals surface area contributed by atoms with Crippen LogP contribution in [0.25, 0.3) is 0 Å². The minimum absolute atomic E-state index is 0.179. The zero-order valence-electron chi connectivity index (χ0n) is 10.2. The van der Waals surface area contributed by atoms with Gasteiger partial charge in [-0.25, -0.2) is 4.39 Å². The number of amides is 1. The molecule has 0 bridgehead atoms. The summed E-state index contributed by atoms with van der Waals surface area (Å²) < 4.78 is 13.8. The van der Waals surface area contributed by atoms with Crippen molar-refractivity contribution in [3.05, 3.63) is 46.8 Å². The lowest BCUT2D eigenvalue weighted by Crippen LogP contribution is -2.35. The zero-order valence-corrected chi connectivity index (χ0v) is 10.2. The SMILES string of the molecule is CC1=CCN(C(=O)c2cccc(C)c2F)CC1. The first kappa shape index (κ1) is 11.8. The first-order valence-corrected chi connectivity index (χ1v) is 5.79. The first-order chi connectivity index (χ1) is 8.09. The predicted octanol–water partition coefficient (Wildman–Crippen LogP) is 2.93. The van der Waals surface area contributed by atoms with Crippen LogP contribution in [0.3, 0.4) is 0 Å². The smallest absolute Gasteiger partial charge is 0.257 e. The molecule has 2 rings (SSSR count). The summed E-state index contributed by atoms with van der Waals surface area (Å²) in [6.07, 6.45) is 2.90. The molecule has 1 amide bonds. The van der Waals surface area contributed by atoms with Gasteiger partial charge in [-0.2, -0.15) is 0 Å². The van der Waals surface area contributed by atoms with Gasteiger partial charge >= 0.3 is 0 Å². The molecule has 0 saturated carbocycles. The van der Waals surface area contributed by atoms with E-state index in [0.717, 1.165) is 6.42 Å². The van der Waals surface area contributed by atoms with E-state index in [1.54, 1.807) is 30.0 Å². The zero-order chi connectivity index (χ0) is 12.4. The van der Waals surface area contributed by atoms with Crippen molar-refractivity contribution in [2.75, 3.05) is 13.1 Å². The highest BCUT2D eigenvalue weighted by molar-refractivity contribution is 5.94. The highest BCUT2D eigenvalue weighted by atomic mass is 19.1. The van der Waals surface area contributed by atoms with E-state index in [1.807, 2.05) is 6.08 Å². The molecule has 0 aromatic heterocycles. The molecule has 1 aliphatic rings. The Kier molecular flexibility index (Phi) is 3.27. The summed E-state index contributed by atoms with van der Waals surface area (Å²) in [5.74, 6) is -0.612. The molecule has 3 heteroatoms. The normalized spacial score (nSPS) is 15.7. The maximum absolute atomic E-state index is 13.8. The van der Waals surface area contributed by atoms with Gasteiger partial charge in [0.1, 0.15) is 5.82 Å². The van der Waals surface area contributed by atoms with Crippen molar-refractivity contribution in [3.8, 4) is 0 Å². The van der Waals surface area contributed by atoms with Gasteiger partial charge in [0.25, 0.3) is 5.91 Å². The lowest BCUT2D eigenvalue weighted by atomic mass is 10.1. The van der Waals surface area contributed by atoms with Gasteiger partial charge in [-0.15, -0.1) is 0 Å². The van der Waals surface area contributed by atoms with Crippen molar-refractivity contribution in [1.29, 1.82) is 0 Å². The van der Waals surface area contributed by atoms with E-state index in [2.05, 4.69) is 6.92 Å². The van der Waals surface area contributed by atoms with Gasteiger partial charge in [0.15, 0.2) is 0 Å². The van der Waals surface area contributed by atoms with E-state index in [9.17, 15) is 9.18 Å². The van der Waals surface area contributed by atoms with Gasteiger partial charge in [-0.3, -0.25) is 4.79 Å². The number of hydrogen-bond donors (Lipinski definition) is 0. The molecule has 17 heavy (non-hydrogen) atoms. The Balaban J connectivity index is 2.23. The molecule has 0 N–H and O–H groups in total. The standard InChI is InChI=1S/C14H16FNO/c1-10-6-8-16(9-7-10)14(17)12-5-3-4-11(2)13(12)15/h3-6H,7-9H2,1-2H3. The fourth-order valence-corrected chi connectivity index (χ4v) is 1.94. The number of benzene rings is 1. The molecule has 0 radical (unpaired) electrons. The Morgan fingerprint density at radius 3 is 2.76 bits per heavy atom. The van der Waals surface area contributed by atoms with Gasteiger partial charge in [0.05, 0.1) is 5.56 Å². The van der Waals surface area contributed by atoms with Crippen molar-refractivity contribution in [2.24, 2.45) is 0 Å². The summed E-state index contributed by atoms with van der Waals surface area (Å²) in [6.45, 7) is 4.98. The molecule has 0 aliphatic carbocycles. The highest BCUT2D eigenvalue weighted by Crippen LogP contribution is 2.17. The molecule has 0 saturated heterocycles. The molecule has 0 unspecified atom stereocenters. The van der Waals surface area contributed by atoms with Gasteiger partial charge in [0, 0.05) is 13.1 Å². The third-order valence-electron chi connectivity index (χ3n) is 3.15. The Hall–Kier alpha value is -1.64. The van der Waals surface area contributed by atoms with E-state index in [1.165, 1.54) is 5.57 Å². The Bertz CT molecular complexity index is 479. The van der Waals surface area contributed by atoms with Gasteiger partial charge in [0.2, 0.25) is 0 Å². The average Bonchev–Trinajstić information content (AvgIpc) is 2.33. The van der Waals surface area contributed by atoms with Crippen molar-refractivity contribution in [2.45, 2.75) is 20.3 Å². The maximum Gasteiger partial charge on any atom is 0.257 e. The van der Waals surface area contributed by atoms with E-state index in [-0.39, 0.29) is 11.5 Å². The number of hydrogen-bond acceptors (Lipinski definition) is 1. The van der Waals surface area contributed by atoms with Crippen LogP contribution < -0.4 is 0 Å². The quantitative estimate of drug-likeness (QED) is 0.683. The maximum atomic E-state index is 13.8. The Morgan fingerprint density at radius 2 is 2.12 bits per heavy atom. The average molecular weight is 233 g/mol. The predicted molar refractivity (Wildman–Crippen MR) is 65.4 cm³/mol. The van der Waals surface area contributed by atoms with Crippen LogP contribution in [0, 0.1) is 12.7 Å². The molecule has 1 aromatic rings. The Labute approximate surface area is 101 Å². The van der Waals surface area contributed by atoms with Crippen LogP contribution >= 0.6 is 0 Å². The van der Waals surface area contributed by atoms with Gasteiger partial charge in [-0.05, 0) is 31.9 Å². The molecule has 2 nitrogen and oxygen atoms in total. The summed E-state index contributed by atoms with van der Waals surface area (Å²) in [5, 5.41) is 0. The summed E-state index contributed by atoms with van der Waals surface area (Å²) in [4.78, 5) is 13.8. The summed E-state index contributed by atoms with van der Waals surface area (Å²) >= 11 is 0. The highest BCUT2D eigenvalue weighted by Gasteiger charge is 2.20. The molecule has 0 atom stereocenters. The number of rotatable bonds is 1. The number of carbonyl (C=O) groups excluding carboxylic acids is 1. The van der Waals surface area contributed by atoms with Crippen molar-refractivity contribution >= 4 is 5.91 Å². The summed E-state index contributed by atoms with van der Waals surface area (Å²) in [7, 11) is 0. The lowest BCUT2D eigenvalue weighted by molar-refractivity contribution is 0.0764. The molecule has 90 valence electrons. The minimum atomic E-state index is -0.399. The van der Waals surface area contributed by atoms with Crippen LogP contribution in [0.4, 0.5) is 4.39 Å². The summed E-state index contributed by atoms with van der Waals surface area (Å²) in [5.41, 5.74) is 1.98. The molecule has 0 fully saturated rings. The minimum Gasteiger partial charge on any atom is -0.335 e. The monoisotopic (exact) mass is 233 g/mol. The van der Waals surface area contributed by atoms with Crippen LogP contribution in [0.5, 0.6) is 0 Å². The van der Waals surface area contributed by atoms with Gasteiger partial charge in [-0.1, -0.05) is 23.8 Å². The fraction of sp³-hybridized carbons (Fsp3) is 0.357. The molecule has 1 aromatic carbocycles. The fourth-order valence-electron chi connectivity index (χ4n) is 1.94. The Morgan fingerprint density at radius 1 is 1.35 bits per heavy atom. The lowest BCUT2D eigenvalue weighted by Gasteiger charge is -2.25. The van der Waals surface area contributed by atoms with Crippen LogP contribution in [0.2, 0.25) is 0 Å². The molecular formula is C14H16FNO. The van der Waals surface area contributed by atoms with Crippen molar-refractivity contribution in [1.82, 2.24) is 4.90 Å². The third-order valence-corrected chi connectivity index (χ3v) is 3.15. The molecule has 1 aliphatic heterocycles. The first-order valence-electron chi connectivity index (χ1n) is 5.79.